The first-order valence-electron chi connectivity index (χ1n) is 7.12. The molecule has 0 unspecified atom stereocenters. The molecule has 1 heterocycles. The number of amides is 2. The van der Waals surface area contributed by atoms with Crippen molar-refractivity contribution in [3.05, 3.63) is 29.3 Å². The molecule has 0 atom stereocenters. The number of halogens is 1. The third kappa shape index (κ3) is 4.43. The zero-order valence-corrected chi connectivity index (χ0v) is 13.9. The summed E-state index contributed by atoms with van der Waals surface area (Å²) in [6, 6.07) is 5.98. The summed E-state index contributed by atoms with van der Waals surface area (Å²) >= 11 is 5.77. The van der Waals surface area contributed by atoms with Gasteiger partial charge in [0.2, 0.25) is 21.8 Å². The number of nitrogens with one attached hydrogen (secondary N) is 1. The van der Waals surface area contributed by atoms with Gasteiger partial charge in [0.1, 0.15) is 0 Å². The number of piperidine rings is 1. The molecule has 0 aliphatic carbocycles. The molecule has 2 amide bonds. The number of hydrogen-bond donors (Lipinski definition) is 2. The summed E-state index contributed by atoms with van der Waals surface area (Å²) in [6.45, 7) is 0.293. The van der Waals surface area contributed by atoms with Crippen molar-refractivity contribution in [1.29, 1.82) is 0 Å². The largest absolute Gasteiger partial charge is 0.368 e. The molecule has 126 valence electrons. The minimum Gasteiger partial charge on any atom is -0.368 e. The molecule has 3 N–H and O–H groups in total. The Balaban J connectivity index is 1.97. The smallest absolute Gasteiger partial charge is 0.243 e. The van der Waals surface area contributed by atoms with E-state index >= 15 is 0 Å². The summed E-state index contributed by atoms with van der Waals surface area (Å²) in [7, 11) is -3.58. The van der Waals surface area contributed by atoms with Crippen LogP contribution in [0.5, 0.6) is 0 Å². The number of hydrogen-bond acceptors (Lipinski definition) is 4. The van der Waals surface area contributed by atoms with Crippen LogP contribution in [0, 0.1) is 5.92 Å². The van der Waals surface area contributed by atoms with Gasteiger partial charge in [-0.2, -0.15) is 4.31 Å². The summed E-state index contributed by atoms with van der Waals surface area (Å²) < 4.78 is 26.4. The highest BCUT2D eigenvalue weighted by Crippen LogP contribution is 2.24. The quantitative estimate of drug-likeness (QED) is 0.790. The minimum absolute atomic E-state index is 0.179. The highest BCUT2D eigenvalue weighted by atomic mass is 35.5. The number of nitrogens with zero attached hydrogens (tertiary/aromatic N) is 1. The van der Waals surface area contributed by atoms with E-state index in [4.69, 9.17) is 17.3 Å². The normalized spacial score (nSPS) is 16.9. The summed E-state index contributed by atoms with van der Waals surface area (Å²) in [5.74, 6) is -1.19. The van der Waals surface area contributed by atoms with Crippen molar-refractivity contribution in [3.63, 3.8) is 0 Å². The van der Waals surface area contributed by atoms with Gasteiger partial charge in [0.05, 0.1) is 11.4 Å². The SMILES string of the molecule is NC(=O)CNC(=O)C1CCN(S(=O)(=O)c2ccc(Cl)cc2)CC1. The zero-order valence-electron chi connectivity index (χ0n) is 12.4. The summed E-state index contributed by atoms with van der Waals surface area (Å²) in [6.07, 6.45) is 0.800. The topological polar surface area (TPSA) is 110 Å². The zero-order chi connectivity index (χ0) is 17.0. The number of benzene rings is 1. The van der Waals surface area contributed by atoms with Crippen LogP contribution in [0.1, 0.15) is 12.8 Å². The predicted octanol–water partition coefficient (Wildman–Crippen LogP) is 0.342. The number of rotatable bonds is 5. The van der Waals surface area contributed by atoms with Crippen LogP contribution >= 0.6 is 11.6 Å². The van der Waals surface area contributed by atoms with Gasteiger partial charge >= 0.3 is 0 Å². The highest BCUT2D eigenvalue weighted by molar-refractivity contribution is 7.89. The molecular weight excluding hydrogens is 342 g/mol. The first kappa shape index (κ1) is 17.7. The van der Waals surface area contributed by atoms with Gasteiger partial charge in [-0.1, -0.05) is 11.6 Å². The van der Waals surface area contributed by atoms with Crippen molar-refractivity contribution in [2.75, 3.05) is 19.6 Å². The third-order valence-corrected chi connectivity index (χ3v) is 5.88. The second-order valence-electron chi connectivity index (χ2n) is 5.32. The first-order chi connectivity index (χ1) is 10.8. The Labute approximate surface area is 139 Å². The lowest BCUT2D eigenvalue weighted by atomic mass is 9.97. The van der Waals surface area contributed by atoms with Crippen molar-refractivity contribution >= 4 is 33.4 Å². The number of nitrogens with two attached hydrogens (primary N) is 1. The lowest BCUT2D eigenvalue weighted by Crippen LogP contribution is -2.44. The van der Waals surface area contributed by atoms with Crippen molar-refractivity contribution in [2.24, 2.45) is 11.7 Å². The van der Waals surface area contributed by atoms with E-state index < -0.39 is 15.9 Å². The minimum atomic E-state index is -3.58. The summed E-state index contributed by atoms with van der Waals surface area (Å²) in [4.78, 5) is 22.7. The Morgan fingerprint density at radius 1 is 1.22 bits per heavy atom. The van der Waals surface area contributed by atoms with Crippen LogP contribution in [-0.2, 0) is 19.6 Å². The van der Waals surface area contributed by atoms with Crippen molar-refractivity contribution in [1.82, 2.24) is 9.62 Å². The van der Waals surface area contributed by atoms with Crippen LogP contribution in [0.2, 0.25) is 5.02 Å². The number of sulfonamides is 1. The van der Waals surface area contributed by atoms with Crippen molar-refractivity contribution < 1.29 is 18.0 Å². The molecule has 1 aliphatic rings. The van der Waals surface area contributed by atoms with E-state index in [0.29, 0.717) is 17.9 Å². The van der Waals surface area contributed by atoms with Gasteiger partial charge in [-0.25, -0.2) is 8.42 Å². The molecule has 0 radical (unpaired) electrons. The molecule has 1 saturated heterocycles. The molecule has 1 fully saturated rings. The Morgan fingerprint density at radius 3 is 2.30 bits per heavy atom. The van der Waals surface area contributed by atoms with E-state index in [2.05, 4.69) is 5.32 Å². The van der Waals surface area contributed by atoms with Gasteiger partial charge in [-0.3, -0.25) is 9.59 Å². The molecule has 0 bridgehead atoms. The van der Waals surface area contributed by atoms with Gasteiger partial charge in [0.25, 0.3) is 0 Å². The molecule has 1 aromatic carbocycles. The fourth-order valence-corrected chi connectivity index (χ4v) is 4.03. The van der Waals surface area contributed by atoms with E-state index in [0.717, 1.165) is 0 Å². The number of carbonyl (C=O) groups excluding carboxylic acids is 2. The molecule has 1 aromatic rings. The molecule has 0 saturated carbocycles. The summed E-state index contributed by atoms with van der Waals surface area (Å²) in [5.41, 5.74) is 4.97. The molecule has 0 aromatic heterocycles. The average molecular weight is 360 g/mol. The highest BCUT2D eigenvalue weighted by Gasteiger charge is 2.32. The third-order valence-electron chi connectivity index (χ3n) is 3.71. The van der Waals surface area contributed by atoms with Crippen LogP contribution in [0.3, 0.4) is 0 Å². The van der Waals surface area contributed by atoms with E-state index in [9.17, 15) is 18.0 Å². The Morgan fingerprint density at radius 2 is 1.78 bits per heavy atom. The molecule has 9 heteroatoms. The van der Waals surface area contributed by atoms with Gasteiger partial charge in [0, 0.05) is 24.0 Å². The van der Waals surface area contributed by atoms with Crippen molar-refractivity contribution in [3.8, 4) is 0 Å². The Bertz CT molecular complexity index is 682. The fraction of sp³-hybridized carbons (Fsp3) is 0.429. The lowest BCUT2D eigenvalue weighted by Gasteiger charge is -2.30. The fourth-order valence-electron chi connectivity index (χ4n) is 2.43. The standard InChI is InChI=1S/C14H18ClN3O4S/c15-11-1-3-12(4-2-11)23(21,22)18-7-5-10(6-8-18)14(20)17-9-13(16)19/h1-4,10H,5-9H2,(H2,16,19)(H,17,20). The maximum absolute atomic E-state index is 12.5. The van der Waals surface area contributed by atoms with Crippen molar-refractivity contribution in [2.45, 2.75) is 17.7 Å². The van der Waals surface area contributed by atoms with E-state index in [-0.39, 0.29) is 36.4 Å². The monoisotopic (exact) mass is 359 g/mol. The Hall–Kier alpha value is -1.64. The van der Waals surface area contributed by atoms with Gasteiger partial charge < -0.3 is 11.1 Å². The maximum Gasteiger partial charge on any atom is 0.243 e. The molecule has 23 heavy (non-hydrogen) atoms. The molecule has 1 aliphatic heterocycles. The average Bonchev–Trinajstić information content (AvgIpc) is 2.53. The van der Waals surface area contributed by atoms with Crippen LogP contribution in [0.15, 0.2) is 29.2 Å². The Kier molecular flexibility index (Phi) is 5.61. The van der Waals surface area contributed by atoms with Crippen LogP contribution in [0.4, 0.5) is 0 Å². The number of primary amides is 1. The summed E-state index contributed by atoms with van der Waals surface area (Å²) in [5, 5.41) is 2.91. The molecule has 0 spiro atoms. The van der Waals surface area contributed by atoms with Crippen LogP contribution < -0.4 is 11.1 Å². The van der Waals surface area contributed by atoms with Gasteiger partial charge in [0.15, 0.2) is 0 Å². The van der Waals surface area contributed by atoms with Gasteiger partial charge in [-0.15, -0.1) is 0 Å². The van der Waals surface area contributed by atoms with E-state index in [1.807, 2.05) is 0 Å². The molecular formula is C14H18ClN3O4S. The van der Waals surface area contributed by atoms with Crippen LogP contribution in [0.25, 0.3) is 0 Å². The number of carbonyl (C=O) groups is 2. The maximum atomic E-state index is 12.5. The van der Waals surface area contributed by atoms with Gasteiger partial charge in [-0.05, 0) is 37.1 Å². The van der Waals surface area contributed by atoms with E-state index in [1.165, 1.54) is 28.6 Å². The second-order valence-corrected chi connectivity index (χ2v) is 7.69. The molecule has 2 rings (SSSR count). The second kappa shape index (κ2) is 7.29. The lowest BCUT2D eigenvalue weighted by molar-refractivity contribution is -0.128. The predicted molar refractivity (Wildman–Crippen MR) is 85.1 cm³/mol. The molecule has 7 nitrogen and oxygen atoms in total. The van der Waals surface area contributed by atoms with E-state index in [1.54, 1.807) is 0 Å². The first-order valence-corrected chi connectivity index (χ1v) is 8.94. The van der Waals surface area contributed by atoms with Crippen LogP contribution in [-0.4, -0.2) is 44.2 Å².